The number of carbonyl (C=O) groups excluding carboxylic acids is 1. The van der Waals surface area contributed by atoms with E-state index < -0.39 is 0 Å². The maximum Gasteiger partial charge on any atom is 0.337 e. The van der Waals surface area contributed by atoms with Crippen molar-refractivity contribution >= 4 is 5.97 Å². The molecule has 1 aliphatic rings. The molecule has 1 saturated heterocycles. The number of likely N-dealkylation sites (tertiary alicyclic amines) is 1. The van der Waals surface area contributed by atoms with Crippen molar-refractivity contribution in [1.29, 1.82) is 0 Å². The van der Waals surface area contributed by atoms with Gasteiger partial charge < -0.3 is 10.5 Å². The molecule has 2 atom stereocenters. The molecule has 0 aromatic heterocycles. The van der Waals surface area contributed by atoms with Crippen LogP contribution in [0.15, 0.2) is 12.1 Å². The van der Waals surface area contributed by atoms with Crippen molar-refractivity contribution < 1.29 is 9.53 Å². The van der Waals surface area contributed by atoms with Gasteiger partial charge in [0.25, 0.3) is 0 Å². The molecule has 0 saturated carbocycles. The molecule has 2 N–H and O–H groups in total. The molecule has 0 radical (unpaired) electrons. The molecule has 4 nitrogen and oxygen atoms in total. The van der Waals surface area contributed by atoms with E-state index in [0.717, 1.165) is 25.1 Å². The van der Waals surface area contributed by atoms with Gasteiger partial charge in [0, 0.05) is 12.6 Å². The normalized spacial score (nSPS) is 23.1. The van der Waals surface area contributed by atoms with Gasteiger partial charge in [0.2, 0.25) is 0 Å². The zero-order valence-corrected chi connectivity index (χ0v) is 12.8. The van der Waals surface area contributed by atoms with Crippen LogP contribution in [-0.4, -0.2) is 38.1 Å². The van der Waals surface area contributed by atoms with Crippen LogP contribution in [0.3, 0.4) is 0 Å². The van der Waals surface area contributed by atoms with Gasteiger partial charge in [-0.15, -0.1) is 0 Å². The minimum absolute atomic E-state index is 0.273. The van der Waals surface area contributed by atoms with E-state index in [9.17, 15) is 4.79 Å². The van der Waals surface area contributed by atoms with Gasteiger partial charge in [-0.1, -0.05) is 0 Å². The van der Waals surface area contributed by atoms with Gasteiger partial charge in [-0.2, -0.15) is 0 Å². The SMILES string of the molecule is COC(=O)c1cc(C)c(C)c(C2CC(CN)CN2C)c1. The third-order valence-corrected chi connectivity index (χ3v) is 4.46. The first-order valence-corrected chi connectivity index (χ1v) is 7.07. The highest BCUT2D eigenvalue weighted by atomic mass is 16.5. The van der Waals surface area contributed by atoms with E-state index in [-0.39, 0.29) is 5.97 Å². The van der Waals surface area contributed by atoms with E-state index in [1.54, 1.807) is 0 Å². The van der Waals surface area contributed by atoms with Crippen molar-refractivity contribution in [3.63, 3.8) is 0 Å². The van der Waals surface area contributed by atoms with Crippen LogP contribution in [0.1, 0.15) is 39.5 Å². The Hall–Kier alpha value is -1.39. The van der Waals surface area contributed by atoms with E-state index in [0.29, 0.717) is 17.5 Å². The number of benzene rings is 1. The number of nitrogens with two attached hydrogens (primary N) is 1. The lowest BCUT2D eigenvalue weighted by molar-refractivity contribution is 0.0600. The van der Waals surface area contributed by atoms with Crippen molar-refractivity contribution in [2.45, 2.75) is 26.3 Å². The number of nitrogens with zero attached hydrogens (tertiary/aromatic N) is 1. The summed E-state index contributed by atoms with van der Waals surface area (Å²) in [6.07, 6.45) is 1.05. The molecule has 0 spiro atoms. The summed E-state index contributed by atoms with van der Waals surface area (Å²) >= 11 is 0. The van der Waals surface area contributed by atoms with Crippen molar-refractivity contribution in [2.75, 3.05) is 27.2 Å². The van der Waals surface area contributed by atoms with E-state index in [2.05, 4.69) is 18.9 Å². The van der Waals surface area contributed by atoms with Crippen LogP contribution in [0.2, 0.25) is 0 Å². The Balaban J connectivity index is 2.40. The fourth-order valence-corrected chi connectivity index (χ4v) is 3.11. The smallest absolute Gasteiger partial charge is 0.337 e. The summed E-state index contributed by atoms with van der Waals surface area (Å²) in [6, 6.07) is 4.22. The zero-order valence-electron chi connectivity index (χ0n) is 12.8. The average Bonchev–Trinajstić information content (AvgIpc) is 2.82. The van der Waals surface area contributed by atoms with Crippen molar-refractivity contribution in [1.82, 2.24) is 4.90 Å². The molecular weight excluding hydrogens is 252 g/mol. The Morgan fingerprint density at radius 1 is 1.45 bits per heavy atom. The predicted molar refractivity (Wildman–Crippen MR) is 79.8 cm³/mol. The molecule has 110 valence electrons. The highest BCUT2D eigenvalue weighted by Gasteiger charge is 2.31. The molecule has 0 bridgehead atoms. The summed E-state index contributed by atoms with van der Waals surface area (Å²) in [5, 5.41) is 0. The zero-order chi connectivity index (χ0) is 14.9. The van der Waals surface area contributed by atoms with Gasteiger partial charge in [-0.3, -0.25) is 4.90 Å². The summed E-state index contributed by atoms with van der Waals surface area (Å²) in [6.45, 7) is 5.90. The average molecular weight is 276 g/mol. The molecule has 2 rings (SSSR count). The molecule has 1 fully saturated rings. The number of ether oxygens (including phenoxy) is 1. The van der Waals surface area contributed by atoms with Crippen LogP contribution < -0.4 is 5.73 Å². The predicted octanol–water partition coefficient (Wildman–Crippen LogP) is 2.04. The van der Waals surface area contributed by atoms with E-state index in [4.69, 9.17) is 10.5 Å². The molecule has 1 aliphatic heterocycles. The largest absolute Gasteiger partial charge is 0.465 e. The number of hydrogen-bond donors (Lipinski definition) is 1. The quantitative estimate of drug-likeness (QED) is 0.858. The van der Waals surface area contributed by atoms with Gasteiger partial charge in [0.05, 0.1) is 12.7 Å². The van der Waals surface area contributed by atoms with Crippen molar-refractivity contribution in [3.8, 4) is 0 Å². The molecule has 0 amide bonds. The fraction of sp³-hybridized carbons (Fsp3) is 0.562. The van der Waals surface area contributed by atoms with Crippen LogP contribution in [0.4, 0.5) is 0 Å². The maximum absolute atomic E-state index is 11.8. The Bertz CT molecular complexity index is 513. The minimum atomic E-state index is -0.273. The van der Waals surface area contributed by atoms with Gasteiger partial charge in [-0.05, 0) is 68.6 Å². The maximum atomic E-state index is 11.8. The van der Waals surface area contributed by atoms with Crippen LogP contribution in [-0.2, 0) is 4.74 Å². The van der Waals surface area contributed by atoms with Crippen LogP contribution in [0.25, 0.3) is 0 Å². The summed E-state index contributed by atoms with van der Waals surface area (Å²) in [4.78, 5) is 14.1. The Kier molecular flexibility index (Phi) is 4.45. The molecule has 4 heteroatoms. The molecule has 0 aliphatic carbocycles. The molecule has 1 aromatic carbocycles. The fourth-order valence-electron chi connectivity index (χ4n) is 3.11. The monoisotopic (exact) mass is 276 g/mol. The van der Waals surface area contributed by atoms with Crippen LogP contribution in [0, 0.1) is 19.8 Å². The molecule has 20 heavy (non-hydrogen) atoms. The second-order valence-electron chi connectivity index (χ2n) is 5.79. The molecular formula is C16H24N2O2. The van der Waals surface area contributed by atoms with Gasteiger partial charge in [-0.25, -0.2) is 4.79 Å². The Labute approximate surface area is 120 Å². The third-order valence-electron chi connectivity index (χ3n) is 4.46. The first kappa shape index (κ1) is 15.0. The lowest BCUT2D eigenvalue weighted by atomic mass is 9.92. The van der Waals surface area contributed by atoms with Gasteiger partial charge in [0.1, 0.15) is 0 Å². The summed E-state index contributed by atoms with van der Waals surface area (Å²) in [5.41, 5.74) is 10.1. The molecule has 1 aromatic rings. The Morgan fingerprint density at radius 3 is 2.70 bits per heavy atom. The van der Waals surface area contributed by atoms with E-state index in [1.807, 2.05) is 19.1 Å². The second kappa shape index (κ2) is 5.94. The molecule has 1 heterocycles. The van der Waals surface area contributed by atoms with Gasteiger partial charge >= 0.3 is 5.97 Å². The Morgan fingerprint density at radius 2 is 2.15 bits per heavy atom. The second-order valence-corrected chi connectivity index (χ2v) is 5.79. The number of carbonyl (C=O) groups is 1. The van der Waals surface area contributed by atoms with Gasteiger partial charge in [0.15, 0.2) is 0 Å². The first-order chi connectivity index (χ1) is 9.47. The van der Waals surface area contributed by atoms with E-state index in [1.165, 1.54) is 18.2 Å². The number of hydrogen-bond acceptors (Lipinski definition) is 4. The topological polar surface area (TPSA) is 55.6 Å². The number of esters is 1. The van der Waals surface area contributed by atoms with Crippen molar-refractivity contribution in [2.24, 2.45) is 11.7 Å². The number of rotatable bonds is 3. The summed E-state index contributed by atoms with van der Waals surface area (Å²) < 4.78 is 4.85. The highest BCUT2D eigenvalue weighted by molar-refractivity contribution is 5.90. The summed E-state index contributed by atoms with van der Waals surface area (Å²) in [7, 11) is 3.54. The standard InChI is InChI=1S/C16H24N2O2/c1-10-5-13(16(19)20-4)7-14(11(10)2)15-6-12(8-17)9-18(15)3/h5,7,12,15H,6,8-9,17H2,1-4H3. The van der Waals surface area contributed by atoms with E-state index >= 15 is 0 Å². The van der Waals surface area contributed by atoms with Crippen molar-refractivity contribution in [3.05, 3.63) is 34.4 Å². The third kappa shape index (κ3) is 2.72. The summed E-state index contributed by atoms with van der Waals surface area (Å²) in [5.74, 6) is 0.261. The number of methoxy groups -OCH3 is 1. The van der Waals surface area contributed by atoms with Crippen LogP contribution in [0.5, 0.6) is 0 Å². The minimum Gasteiger partial charge on any atom is -0.465 e. The lowest BCUT2D eigenvalue weighted by Gasteiger charge is -2.23. The lowest BCUT2D eigenvalue weighted by Crippen LogP contribution is -2.21. The highest BCUT2D eigenvalue weighted by Crippen LogP contribution is 2.36. The molecule has 2 unspecified atom stereocenters. The van der Waals surface area contributed by atoms with Crippen LogP contribution >= 0.6 is 0 Å². The number of aryl methyl sites for hydroxylation is 1. The first-order valence-electron chi connectivity index (χ1n) is 7.07.